The zero-order valence-corrected chi connectivity index (χ0v) is 21.9. The Morgan fingerprint density at radius 3 is 2.51 bits per heavy atom. The Bertz CT molecular complexity index is 996. The van der Waals surface area contributed by atoms with E-state index in [1.54, 1.807) is 14.2 Å². The molecule has 1 N–H and O–H groups in total. The standard InChI is InChI=1S/C29H42N4O2/c1-21(2)24-7-5-6-8-25(24)26-20-32(19-22-9-10-27(34-3)28(31-22)35-4)15-16-33(26)23-17-29(18-23)11-13-30-14-12-29/h5-10,21,23,26,30H,11-20H2,1-4H3. The number of hydrogen-bond acceptors (Lipinski definition) is 6. The summed E-state index contributed by atoms with van der Waals surface area (Å²) in [7, 11) is 3.31. The molecule has 2 saturated heterocycles. The Balaban J connectivity index is 1.36. The molecule has 3 heterocycles. The van der Waals surface area contributed by atoms with Crippen LogP contribution in [0.5, 0.6) is 11.6 Å². The number of piperazine rings is 1. The fourth-order valence-corrected chi connectivity index (χ4v) is 6.68. The lowest BCUT2D eigenvalue weighted by Crippen LogP contribution is -2.59. The highest BCUT2D eigenvalue weighted by atomic mass is 16.5. The van der Waals surface area contributed by atoms with Gasteiger partial charge in [0, 0.05) is 38.3 Å². The number of nitrogens with one attached hydrogen (secondary N) is 1. The van der Waals surface area contributed by atoms with Gasteiger partial charge in [-0.15, -0.1) is 0 Å². The van der Waals surface area contributed by atoms with Gasteiger partial charge in [-0.25, -0.2) is 4.98 Å². The van der Waals surface area contributed by atoms with Crippen molar-refractivity contribution in [2.75, 3.05) is 46.9 Å². The van der Waals surface area contributed by atoms with Crippen LogP contribution in [-0.2, 0) is 6.54 Å². The molecule has 3 aliphatic rings. The molecule has 190 valence electrons. The number of hydrogen-bond donors (Lipinski definition) is 1. The van der Waals surface area contributed by atoms with Crippen LogP contribution in [0.25, 0.3) is 0 Å². The first kappa shape index (κ1) is 24.5. The van der Waals surface area contributed by atoms with E-state index in [-0.39, 0.29) is 0 Å². The van der Waals surface area contributed by atoms with Gasteiger partial charge >= 0.3 is 0 Å². The predicted molar refractivity (Wildman–Crippen MR) is 140 cm³/mol. The molecule has 1 saturated carbocycles. The molecule has 1 aromatic heterocycles. The topological polar surface area (TPSA) is 49.9 Å². The second-order valence-electron chi connectivity index (χ2n) is 11.1. The highest BCUT2D eigenvalue weighted by molar-refractivity contribution is 5.35. The molecule has 0 radical (unpaired) electrons. The number of benzene rings is 1. The third-order valence-electron chi connectivity index (χ3n) is 8.64. The van der Waals surface area contributed by atoms with E-state index >= 15 is 0 Å². The summed E-state index contributed by atoms with van der Waals surface area (Å²) < 4.78 is 10.8. The van der Waals surface area contributed by atoms with Gasteiger partial charge in [0.2, 0.25) is 0 Å². The first-order valence-corrected chi connectivity index (χ1v) is 13.4. The third-order valence-corrected chi connectivity index (χ3v) is 8.64. The van der Waals surface area contributed by atoms with E-state index in [4.69, 9.17) is 14.5 Å². The SMILES string of the molecule is COc1ccc(CN2CCN(C3CC4(CCNCC4)C3)C(c3ccccc3C(C)C)C2)nc1OC. The van der Waals surface area contributed by atoms with Crippen LogP contribution in [0.15, 0.2) is 36.4 Å². The van der Waals surface area contributed by atoms with E-state index in [0.717, 1.165) is 31.9 Å². The van der Waals surface area contributed by atoms with Crippen LogP contribution in [0.3, 0.4) is 0 Å². The lowest BCUT2D eigenvalue weighted by molar-refractivity contribution is -0.0651. The van der Waals surface area contributed by atoms with Crippen molar-refractivity contribution < 1.29 is 9.47 Å². The number of aromatic nitrogens is 1. The van der Waals surface area contributed by atoms with Gasteiger partial charge in [-0.3, -0.25) is 9.80 Å². The lowest BCUT2D eigenvalue weighted by Gasteiger charge is -2.57. The quantitative estimate of drug-likeness (QED) is 0.627. The molecule has 0 bridgehead atoms. The average molecular weight is 479 g/mol. The first-order chi connectivity index (χ1) is 17.0. The largest absolute Gasteiger partial charge is 0.491 e. The smallest absolute Gasteiger partial charge is 0.257 e. The summed E-state index contributed by atoms with van der Waals surface area (Å²) in [5, 5.41) is 3.56. The molecule has 1 aliphatic carbocycles. The van der Waals surface area contributed by atoms with Crippen molar-refractivity contribution in [2.45, 2.75) is 64.1 Å². The van der Waals surface area contributed by atoms with Gasteiger partial charge in [0.15, 0.2) is 5.75 Å². The molecule has 0 amide bonds. The molecule has 1 spiro atoms. The van der Waals surface area contributed by atoms with Gasteiger partial charge in [-0.05, 0) is 73.4 Å². The molecule has 35 heavy (non-hydrogen) atoms. The van der Waals surface area contributed by atoms with Crippen molar-refractivity contribution >= 4 is 0 Å². The number of pyridine rings is 1. The van der Waals surface area contributed by atoms with Gasteiger partial charge in [-0.2, -0.15) is 0 Å². The van der Waals surface area contributed by atoms with Crippen LogP contribution in [0.2, 0.25) is 0 Å². The number of rotatable bonds is 7. The Hall–Kier alpha value is -2.15. The van der Waals surface area contributed by atoms with Gasteiger partial charge in [0.1, 0.15) is 0 Å². The highest BCUT2D eigenvalue weighted by Crippen LogP contribution is 2.52. The minimum Gasteiger partial charge on any atom is -0.491 e. The summed E-state index contributed by atoms with van der Waals surface area (Å²) in [6.45, 7) is 11.1. The van der Waals surface area contributed by atoms with Crippen LogP contribution in [0.1, 0.15) is 68.3 Å². The van der Waals surface area contributed by atoms with E-state index in [9.17, 15) is 0 Å². The second-order valence-corrected chi connectivity index (χ2v) is 11.1. The van der Waals surface area contributed by atoms with Crippen LogP contribution in [0.4, 0.5) is 0 Å². The monoisotopic (exact) mass is 478 g/mol. The third kappa shape index (κ3) is 5.07. The van der Waals surface area contributed by atoms with E-state index in [1.807, 2.05) is 6.07 Å². The molecule has 1 atom stereocenters. The summed E-state index contributed by atoms with van der Waals surface area (Å²) in [5.41, 5.74) is 4.63. The molecular weight excluding hydrogens is 436 g/mol. The van der Waals surface area contributed by atoms with Crippen molar-refractivity contribution in [3.8, 4) is 11.6 Å². The van der Waals surface area contributed by atoms with Gasteiger partial charge in [-0.1, -0.05) is 38.1 Å². The number of piperidine rings is 1. The van der Waals surface area contributed by atoms with Gasteiger partial charge in [0.05, 0.1) is 19.9 Å². The second kappa shape index (κ2) is 10.5. The summed E-state index contributed by atoms with van der Waals surface area (Å²) in [6, 6.07) is 14.3. The van der Waals surface area contributed by atoms with Crippen LogP contribution in [0, 0.1) is 5.41 Å². The van der Waals surface area contributed by atoms with Gasteiger partial charge in [0.25, 0.3) is 5.88 Å². The zero-order valence-electron chi connectivity index (χ0n) is 21.9. The molecule has 6 nitrogen and oxygen atoms in total. The fraction of sp³-hybridized carbons (Fsp3) is 0.621. The fourth-order valence-electron chi connectivity index (χ4n) is 6.68. The van der Waals surface area contributed by atoms with Crippen LogP contribution >= 0.6 is 0 Å². The maximum absolute atomic E-state index is 5.46. The summed E-state index contributed by atoms with van der Waals surface area (Å²) in [5.74, 6) is 1.77. The van der Waals surface area contributed by atoms with Crippen molar-refractivity contribution in [3.63, 3.8) is 0 Å². The summed E-state index contributed by atoms with van der Waals surface area (Å²) in [6.07, 6.45) is 5.43. The minimum atomic E-state index is 0.423. The molecule has 2 aliphatic heterocycles. The van der Waals surface area contributed by atoms with Crippen molar-refractivity contribution in [2.24, 2.45) is 5.41 Å². The Kier molecular flexibility index (Phi) is 7.33. The van der Waals surface area contributed by atoms with E-state index in [2.05, 4.69) is 59.3 Å². The predicted octanol–water partition coefficient (Wildman–Crippen LogP) is 4.61. The van der Waals surface area contributed by atoms with Gasteiger partial charge < -0.3 is 14.8 Å². The summed E-state index contributed by atoms with van der Waals surface area (Å²) >= 11 is 0. The van der Waals surface area contributed by atoms with Crippen LogP contribution in [-0.4, -0.2) is 67.8 Å². The zero-order chi connectivity index (χ0) is 24.4. The maximum Gasteiger partial charge on any atom is 0.257 e. The van der Waals surface area contributed by atoms with E-state index < -0.39 is 0 Å². The molecule has 5 rings (SSSR count). The van der Waals surface area contributed by atoms with Crippen molar-refractivity contribution in [1.29, 1.82) is 0 Å². The Morgan fingerprint density at radius 2 is 1.80 bits per heavy atom. The number of methoxy groups -OCH3 is 2. The molecule has 3 fully saturated rings. The highest BCUT2D eigenvalue weighted by Gasteiger charge is 2.49. The van der Waals surface area contributed by atoms with Crippen molar-refractivity contribution in [1.82, 2.24) is 20.1 Å². The van der Waals surface area contributed by atoms with E-state index in [0.29, 0.717) is 35.0 Å². The molecular formula is C29H42N4O2. The molecule has 6 heteroatoms. The van der Waals surface area contributed by atoms with E-state index in [1.165, 1.54) is 49.9 Å². The Morgan fingerprint density at radius 1 is 1.03 bits per heavy atom. The molecule has 2 aromatic rings. The lowest BCUT2D eigenvalue weighted by atomic mass is 9.60. The Labute approximate surface area is 211 Å². The minimum absolute atomic E-state index is 0.423. The molecule has 1 unspecified atom stereocenters. The summed E-state index contributed by atoms with van der Waals surface area (Å²) in [4.78, 5) is 10.2. The van der Waals surface area contributed by atoms with Crippen LogP contribution < -0.4 is 14.8 Å². The van der Waals surface area contributed by atoms with Crippen molar-refractivity contribution in [3.05, 3.63) is 53.2 Å². The average Bonchev–Trinajstić information content (AvgIpc) is 2.87. The normalized spacial score (nSPS) is 23.4. The number of ether oxygens (including phenoxy) is 2. The first-order valence-electron chi connectivity index (χ1n) is 13.4. The maximum atomic E-state index is 5.46. The number of nitrogens with zero attached hydrogens (tertiary/aromatic N) is 3. The molecule has 1 aromatic carbocycles.